The molecule has 11 heavy (non-hydrogen) atoms. The second kappa shape index (κ2) is 5.81. The lowest BCUT2D eigenvalue weighted by atomic mass is 10.2. The number of nitrogens with one attached hydrogen (secondary N) is 1. The van der Waals surface area contributed by atoms with Crippen molar-refractivity contribution in [1.82, 2.24) is 5.32 Å². The first-order valence-electron chi connectivity index (χ1n) is 4.11. The van der Waals surface area contributed by atoms with Gasteiger partial charge in [0, 0.05) is 13.2 Å². The molecule has 1 rings (SSSR count). The lowest BCUT2D eigenvalue weighted by Crippen LogP contribution is -2.18. The average Bonchev–Trinajstić information content (AvgIpc) is 2.34. The molecule has 0 spiro atoms. The minimum Gasteiger partial charge on any atom is -0.377 e. The molecule has 0 bridgehead atoms. The lowest BCUT2D eigenvalue weighted by molar-refractivity contribution is 0.0486. The summed E-state index contributed by atoms with van der Waals surface area (Å²) in [4.78, 5) is 0. The molecule has 0 aromatic carbocycles. The number of rotatable bonds is 3. The first-order chi connectivity index (χ1) is 4.79. The maximum Gasteiger partial charge on any atom is 0.0711 e. The summed E-state index contributed by atoms with van der Waals surface area (Å²) in [5.74, 6) is 0.667. The van der Waals surface area contributed by atoms with Crippen LogP contribution in [0.4, 0.5) is 0 Å². The van der Waals surface area contributed by atoms with Crippen LogP contribution in [0.25, 0.3) is 0 Å². The molecule has 0 radical (unpaired) electrons. The monoisotopic (exact) mass is 179 g/mol. The van der Waals surface area contributed by atoms with Crippen LogP contribution in [-0.4, -0.2) is 25.8 Å². The van der Waals surface area contributed by atoms with Gasteiger partial charge in [0.15, 0.2) is 0 Å². The Morgan fingerprint density at radius 3 is 2.73 bits per heavy atom. The van der Waals surface area contributed by atoms with Crippen molar-refractivity contribution in [3.63, 3.8) is 0 Å². The van der Waals surface area contributed by atoms with E-state index >= 15 is 0 Å². The molecule has 1 aliphatic rings. The van der Waals surface area contributed by atoms with Crippen LogP contribution in [-0.2, 0) is 4.74 Å². The van der Waals surface area contributed by atoms with Gasteiger partial charge in [-0.1, -0.05) is 13.8 Å². The summed E-state index contributed by atoms with van der Waals surface area (Å²) in [6.07, 6.45) is 1.68. The van der Waals surface area contributed by atoms with Gasteiger partial charge in [0.05, 0.1) is 6.10 Å². The topological polar surface area (TPSA) is 21.3 Å². The fourth-order valence-electron chi connectivity index (χ4n) is 1.10. The summed E-state index contributed by atoms with van der Waals surface area (Å²) in [7, 11) is 0. The average molecular weight is 180 g/mol. The first kappa shape index (κ1) is 11.2. The Labute approximate surface area is 75.1 Å². The molecule has 0 aromatic heterocycles. The summed E-state index contributed by atoms with van der Waals surface area (Å²) in [5.41, 5.74) is 0. The highest BCUT2D eigenvalue weighted by Crippen LogP contribution is 2.04. The molecule has 1 atom stereocenters. The van der Waals surface area contributed by atoms with E-state index < -0.39 is 0 Å². The predicted octanol–water partition coefficient (Wildman–Crippen LogP) is 1.44. The molecule has 3 heteroatoms. The maximum atomic E-state index is 5.60. The molecule has 1 heterocycles. The quantitative estimate of drug-likeness (QED) is 0.708. The third kappa shape index (κ3) is 4.62. The summed E-state index contributed by atoms with van der Waals surface area (Å²) in [5, 5.41) is 3.27. The molecule has 0 amide bonds. The van der Waals surface area contributed by atoms with Crippen LogP contribution in [0.5, 0.6) is 0 Å². The fourth-order valence-corrected chi connectivity index (χ4v) is 1.10. The Hall–Kier alpha value is 0.210. The molecule has 0 aliphatic carbocycles. The van der Waals surface area contributed by atoms with Crippen LogP contribution in [0.3, 0.4) is 0 Å². The van der Waals surface area contributed by atoms with E-state index in [1.165, 1.54) is 6.42 Å². The van der Waals surface area contributed by atoms with Crippen LogP contribution in [0.2, 0.25) is 0 Å². The van der Waals surface area contributed by atoms with Crippen molar-refractivity contribution >= 4 is 12.4 Å². The number of hydrogen-bond acceptors (Lipinski definition) is 2. The molecule has 1 N–H and O–H groups in total. The van der Waals surface area contributed by atoms with Crippen molar-refractivity contribution in [2.75, 3.05) is 19.7 Å². The Balaban J connectivity index is 0.000001000. The van der Waals surface area contributed by atoms with Crippen molar-refractivity contribution in [3.05, 3.63) is 0 Å². The van der Waals surface area contributed by atoms with E-state index in [9.17, 15) is 0 Å². The van der Waals surface area contributed by atoms with E-state index in [0.29, 0.717) is 12.0 Å². The van der Waals surface area contributed by atoms with E-state index in [4.69, 9.17) is 4.74 Å². The zero-order valence-corrected chi connectivity index (χ0v) is 8.12. The SMILES string of the molecule is CC(C)COC1CCNC1.Cl. The van der Waals surface area contributed by atoms with Gasteiger partial charge >= 0.3 is 0 Å². The van der Waals surface area contributed by atoms with Crippen molar-refractivity contribution in [1.29, 1.82) is 0 Å². The standard InChI is InChI=1S/C8H17NO.ClH/c1-7(2)6-10-8-3-4-9-5-8;/h7-9H,3-6H2,1-2H3;1H. The highest BCUT2D eigenvalue weighted by Gasteiger charge is 2.14. The van der Waals surface area contributed by atoms with E-state index in [-0.39, 0.29) is 12.4 Å². The second-order valence-corrected chi connectivity index (χ2v) is 3.34. The molecule has 2 nitrogen and oxygen atoms in total. The van der Waals surface area contributed by atoms with Gasteiger partial charge in [0.1, 0.15) is 0 Å². The Morgan fingerprint density at radius 1 is 1.55 bits per heavy atom. The minimum absolute atomic E-state index is 0. The number of hydrogen-bond donors (Lipinski definition) is 1. The van der Waals surface area contributed by atoms with Gasteiger partial charge in [-0.15, -0.1) is 12.4 Å². The van der Waals surface area contributed by atoms with Crippen LogP contribution in [0, 0.1) is 5.92 Å². The number of halogens is 1. The minimum atomic E-state index is 0. The molecule has 1 unspecified atom stereocenters. The third-order valence-electron chi connectivity index (χ3n) is 1.68. The normalized spacial score (nSPS) is 23.7. The zero-order valence-electron chi connectivity index (χ0n) is 7.30. The molecule has 0 saturated carbocycles. The molecular weight excluding hydrogens is 162 g/mol. The molecule has 1 saturated heterocycles. The Bertz CT molecular complexity index is 92.1. The van der Waals surface area contributed by atoms with Crippen molar-refractivity contribution < 1.29 is 4.74 Å². The van der Waals surface area contributed by atoms with Crippen molar-refractivity contribution in [2.45, 2.75) is 26.4 Å². The van der Waals surface area contributed by atoms with Gasteiger partial charge in [-0.25, -0.2) is 0 Å². The Morgan fingerprint density at radius 2 is 2.27 bits per heavy atom. The maximum absolute atomic E-state index is 5.60. The summed E-state index contributed by atoms with van der Waals surface area (Å²) < 4.78 is 5.60. The van der Waals surface area contributed by atoms with Gasteiger partial charge in [0.2, 0.25) is 0 Å². The van der Waals surface area contributed by atoms with Gasteiger partial charge < -0.3 is 10.1 Å². The van der Waals surface area contributed by atoms with Crippen LogP contribution in [0.1, 0.15) is 20.3 Å². The van der Waals surface area contributed by atoms with Crippen LogP contribution >= 0.6 is 12.4 Å². The van der Waals surface area contributed by atoms with E-state index in [1.807, 2.05) is 0 Å². The summed E-state index contributed by atoms with van der Waals surface area (Å²) in [6, 6.07) is 0. The van der Waals surface area contributed by atoms with Crippen LogP contribution in [0.15, 0.2) is 0 Å². The van der Waals surface area contributed by atoms with Crippen molar-refractivity contribution in [2.24, 2.45) is 5.92 Å². The first-order valence-corrected chi connectivity index (χ1v) is 4.11. The predicted molar refractivity (Wildman–Crippen MR) is 49.3 cm³/mol. The molecular formula is C8H18ClNO. The highest BCUT2D eigenvalue weighted by molar-refractivity contribution is 5.85. The Kier molecular flexibility index (Phi) is 5.92. The molecule has 0 aromatic rings. The second-order valence-electron chi connectivity index (χ2n) is 3.34. The van der Waals surface area contributed by atoms with Crippen LogP contribution < -0.4 is 5.32 Å². The van der Waals surface area contributed by atoms with Gasteiger partial charge in [-0.3, -0.25) is 0 Å². The molecule has 68 valence electrons. The van der Waals surface area contributed by atoms with Gasteiger partial charge in [-0.05, 0) is 18.9 Å². The van der Waals surface area contributed by atoms with Gasteiger partial charge in [-0.2, -0.15) is 0 Å². The highest BCUT2D eigenvalue weighted by atomic mass is 35.5. The van der Waals surface area contributed by atoms with Gasteiger partial charge in [0.25, 0.3) is 0 Å². The molecule has 1 fully saturated rings. The summed E-state index contributed by atoms with van der Waals surface area (Å²) >= 11 is 0. The van der Waals surface area contributed by atoms with E-state index in [2.05, 4.69) is 19.2 Å². The largest absolute Gasteiger partial charge is 0.377 e. The smallest absolute Gasteiger partial charge is 0.0711 e. The number of ether oxygens (including phenoxy) is 1. The fraction of sp³-hybridized carbons (Fsp3) is 1.00. The zero-order chi connectivity index (χ0) is 7.40. The lowest BCUT2D eigenvalue weighted by Gasteiger charge is -2.11. The van der Waals surface area contributed by atoms with E-state index in [1.54, 1.807) is 0 Å². The molecule has 1 aliphatic heterocycles. The van der Waals surface area contributed by atoms with Crippen molar-refractivity contribution in [3.8, 4) is 0 Å². The summed E-state index contributed by atoms with van der Waals surface area (Å²) in [6.45, 7) is 7.45. The third-order valence-corrected chi connectivity index (χ3v) is 1.68. The van der Waals surface area contributed by atoms with E-state index in [0.717, 1.165) is 19.7 Å².